The molecule has 0 unspecified atom stereocenters. The number of anilines is 1. The molecule has 0 atom stereocenters. The first-order chi connectivity index (χ1) is 7.65. The Morgan fingerprint density at radius 3 is 2.81 bits per heavy atom. The predicted octanol–water partition coefficient (Wildman–Crippen LogP) is 3.96. The number of nitro benzene ring substituents is 1. The average Bonchev–Trinajstić information content (AvgIpc) is 2.26. The van der Waals surface area contributed by atoms with Gasteiger partial charge in [-0.25, -0.2) is 0 Å². The molecule has 0 aliphatic rings. The summed E-state index contributed by atoms with van der Waals surface area (Å²) in [5.74, 6) is 0. The molecule has 0 amide bonds. The van der Waals surface area contributed by atoms with Crippen molar-refractivity contribution in [1.29, 1.82) is 0 Å². The lowest BCUT2D eigenvalue weighted by molar-refractivity contribution is -0.385. The Morgan fingerprint density at radius 1 is 1.44 bits per heavy atom. The van der Waals surface area contributed by atoms with E-state index < -0.39 is 0 Å². The summed E-state index contributed by atoms with van der Waals surface area (Å²) in [6.45, 7) is 3.00. The zero-order valence-electron chi connectivity index (χ0n) is 9.20. The second-order valence-corrected chi connectivity index (χ2v) is 4.41. The molecule has 1 aromatic carbocycles. The van der Waals surface area contributed by atoms with E-state index in [9.17, 15) is 10.1 Å². The van der Waals surface area contributed by atoms with Gasteiger partial charge in [-0.2, -0.15) is 0 Å². The van der Waals surface area contributed by atoms with Crippen molar-refractivity contribution in [2.45, 2.75) is 26.2 Å². The summed E-state index contributed by atoms with van der Waals surface area (Å²) >= 11 is 3.15. The summed E-state index contributed by atoms with van der Waals surface area (Å²) in [6, 6.07) is 5.08. The van der Waals surface area contributed by atoms with Crippen LogP contribution in [0.3, 0.4) is 0 Å². The van der Waals surface area contributed by atoms with E-state index in [1.807, 2.05) is 6.07 Å². The Labute approximate surface area is 103 Å². The molecule has 0 aliphatic carbocycles. The number of nitrogens with one attached hydrogen (secondary N) is 1. The van der Waals surface area contributed by atoms with Gasteiger partial charge < -0.3 is 5.32 Å². The topological polar surface area (TPSA) is 55.2 Å². The van der Waals surface area contributed by atoms with Crippen molar-refractivity contribution < 1.29 is 4.92 Å². The highest BCUT2D eigenvalue weighted by Gasteiger charge is 2.11. The highest BCUT2D eigenvalue weighted by Crippen LogP contribution is 2.27. The van der Waals surface area contributed by atoms with Crippen LogP contribution >= 0.6 is 15.9 Å². The minimum absolute atomic E-state index is 0.0977. The summed E-state index contributed by atoms with van der Waals surface area (Å²) in [7, 11) is 0. The summed E-state index contributed by atoms with van der Waals surface area (Å²) in [6.07, 6.45) is 3.42. The average molecular weight is 287 g/mol. The Balaban J connectivity index is 2.61. The maximum Gasteiger partial charge on any atom is 0.285 e. The van der Waals surface area contributed by atoms with Gasteiger partial charge in [0.15, 0.2) is 0 Å². The van der Waals surface area contributed by atoms with E-state index in [1.165, 1.54) is 12.8 Å². The maximum absolute atomic E-state index is 10.7. The number of hydrogen-bond acceptors (Lipinski definition) is 3. The number of hydrogen-bond donors (Lipinski definition) is 1. The molecule has 1 aromatic rings. The molecule has 88 valence electrons. The van der Waals surface area contributed by atoms with Crippen LogP contribution in [0.15, 0.2) is 22.7 Å². The molecular weight excluding hydrogens is 272 g/mol. The highest BCUT2D eigenvalue weighted by molar-refractivity contribution is 9.10. The van der Waals surface area contributed by atoms with Crippen molar-refractivity contribution in [3.63, 3.8) is 0 Å². The zero-order chi connectivity index (χ0) is 12.0. The fraction of sp³-hybridized carbons (Fsp3) is 0.455. The standard InChI is InChI=1S/C11H15BrN2O2/c1-2-3-4-7-13-9-5-6-10(12)11(8-9)14(15)16/h5-6,8,13H,2-4,7H2,1H3. The highest BCUT2D eigenvalue weighted by atomic mass is 79.9. The van der Waals surface area contributed by atoms with E-state index in [2.05, 4.69) is 28.2 Å². The van der Waals surface area contributed by atoms with E-state index in [-0.39, 0.29) is 10.6 Å². The van der Waals surface area contributed by atoms with Gasteiger partial charge in [-0.3, -0.25) is 10.1 Å². The fourth-order valence-corrected chi connectivity index (χ4v) is 1.76. The van der Waals surface area contributed by atoms with E-state index in [1.54, 1.807) is 12.1 Å². The van der Waals surface area contributed by atoms with E-state index in [4.69, 9.17) is 0 Å². The van der Waals surface area contributed by atoms with Crippen LogP contribution in [0.2, 0.25) is 0 Å². The number of nitrogens with zero attached hydrogens (tertiary/aromatic N) is 1. The van der Waals surface area contributed by atoms with Crippen molar-refractivity contribution in [3.8, 4) is 0 Å². The first-order valence-corrected chi connectivity index (χ1v) is 6.12. The molecular formula is C11H15BrN2O2. The van der Waals surface area contributed by atoms with Gasteiger partial charge in [0.2, 0.25) is 0 Å². The van der Waals surface area contributed by atoms with Gasteiger partial charge in [0.25, 0.3) is 5.69 Å². The molecule has 5 heteroatoms. The first-order valence-electron chi connectivity index (χ1n) is 5.33. The molecule has 1 rings (SSSR count). The second kappa shape index (κ2) is 6.48. The molecule has 16 heavy (non-hydrogen) atoms. The molecule has 1 N–H and O–H groups in total. The lowest BCUT2D eigenvalue weighted by Gasteiger charge is -2.06. The molecule has 0 fully saturated rings. The Hall–Kier alpha value is -1.10. The number of rotatable bonds is 6. The molecule has 0 heterocycles. The van der Waals surface area contributed by atoms with Gasteiger partial charge >= 0.3 is 0 Å². The van der Waals surface area contributed by atoms with Crippen LogP contribution in [0.1, 0.15) is 26.2 Å². The second-order valence-electron chi connectivity index (χ2n) is 3.56. The number of unbranched alkanes of at least 4 members (excludes halogenated alkanes) is 2. The van der Waals surface area contributed by atoms with Crippen LogP contribution in [0.25, 0.3) is 0 Å². The lowest BCUT2D eigenvalue weighted by Crippen LogP contribution is -2.01. The number of benzene rings is 1. The fourth-order valence-electron chi connectivity index (χ4n) is 1.37. The quantitative estimate of drug-likeness (QED) is 0.489. The van der Waals surface area contributed by atoms with Gasteiger partial charge in [0, 0.05) is 18.3 Å². The smallest absolute Gasteiger partial charge is 0.285 e. The van der Waals surface area contributed by atoms with Crippen molar-refractivity contribution in [3.05, 3.63) is 32.8 Å². The third-order valence-electron chi connectivity index (χ3n) is 2.25. The first kappa shape index (κ1) is 13.0. The summed E-state index contributed by atoms with van der Waals surface area (Å²) in [5.41, 5.74) is 0.895. The molecule has 0 saturated heterocycles. The molecule has 0 bridgehead atoms. The molecule has 0 aliphatic heterocycles. The maximum atomic E-state index is 10.7. The minimum atomic E-state index is -0.388. The van der Waals surface area contributed by atoms with Gasteiger partial charge in [-0.15, -0.1) is 0 Å². The van der Waals surface area contributed by atoms with Crippen molar-refractivity contribution in [2.24, 2.45) is 0 Å². The third kappa shape index (κ3) is 3.81. The van der Waals surface area contributed by atoms with Crippen molar-refractivity contribution >= 4 is 27.3 Å². The van der Waals surface area contributed by atoms with Gasteiger partial charge in [-0.1, -0.05) is 19.8 Å². The van der Waals surface area contributed by atoms with Crippen molar-refractivity contribution in [1.82, 2.24) is 0 Å². The Morgan fingerprint density at radius 2 is 2.19 bits per heavy atom. The van der Waals surface area contributed by atoms with Crippen LogP contribution in [0.4, 0.5) is 11.4 Å². The molecule has 0 saturated carbocycles. The summed E-state index contributed by atoms with van der Waals surface area (Å²) in [4.78, 5) is 10.3. The van der Waals surface area contributed by atoms with Gasteiger partial charge in [-0.05, 0) is 34.5 Å². The molecule has 0 aromatic heterocycles. The summed E-state index contributed by atoms with van der Waals surface area (Å²) < 4.78 is 0.511. The molecule has 0 radical (unpaired) electrons. The minimum Gasteiger partial charge on any atom is -0.385 e. The van der Waals surface area contributed by atoms with E-state index in [0.717, 1.165) is 18.7 Å². The number of halogens is 1. The SMILES string of the molecule is CCCCCNc1ccc(Br)c([N+](=O)[O-])c1. The van der Waals surface area contributed by atoms with Crippen LogP contribution in [0, 0.1) is 10.1 Å². The zero-order valence-corrected chi connectivity index (χ0v) is 10.8. The van der Waals surface area contributed by atoms with Crippen molar-refractivity contribution in [2.75, 3.05) is 11.9 Å². The monoisotopic (exact) mass is 286 g/mol. The van der Waals surface area contributed by atoms with E-state index in [0.29, 0.717) is 4.47 Å². The van der Waals surface area contributed by atoms with Crippen LogP contribution in [-0.4, -0.2) is 11.5 Å². The summed E-state index contributed by atoms with van der Waals surface area (Å²) in [5, 5.41) is 13.9. The van der Waals surface area contributed by atoms with Crippen LogP contribution < -0.4 is 5.32 Å². The molecule has 0 spiro atoms. The Kier molecular flexibility index (Phi) is 5.25. The Bertz CT molecular complexity index is 369. The van der Waals surface area contributed by atoms with E-state index >= 15 is 0 Å². The van der Waals surface area contributed by atoms with Crippen LogP contribution in [-0.2, 0) is 0 Å². The largest absolute Gasteiger partial charge is 0.385 e. The third-order valence-corrected chi connectivity index (χ3v) is 2.92. The van der Waals surface area contributed by atoms with Gasteiger partial charge in [0.05, 0.1) is 9.40 Å². The predicted molar refractivity (Wildman–Crippen MR) is 68.8 cm³/mol. The molecule has 4 nitrogen and oxygen atoms in total. The van der Waals surface area contributed by atoms with Crippen LogP contribution in [0.5, 0.6) is 0 Å². The lowest BCUT2D eigenvalue weighted by atomic mass is 10.2. The normalized spacial score (nSPS) is 10.1. The van der Waals surface area contributed by atoms with Gasteiger partial charge in [0.1, 0.15) is 0 Å². The number of nitro groups is 1.